The van der Waals surface area contributed by atoms with E-state index in [1.165, 1.54) is 6.33 Å². The van der Waals surface area contributed by atoms with Gasteiger partial charge < -0.3 is 14.0 Å². The van der Waals surface area contributed by atoms with Gasteiger partial charge in [0.25, 0.3) is 10.0 Å². The maximum absolute atomic E-state index is 12.9. The molecule has 32 heavy (non-hydrogen) atoms. The predicted octanol–water partition coefficient (Wildman–Crippen LogP) is 4.49. The first-order chi connectivity index (χ1) is 15.4. The highest BCUT2D eigenvalue weighted by Gasteiger charge is 2.19. The normalized spacial score (nSPS) is 11.2. The summed E-state index contributed by atoms with van der Waals surface area (Å²) < 4.78 is 41.3. The summed E-state index contributed by atoms with van der Waals surface area (Å²) in [6.07, 6.45) is 5.17. The quantitative estimate of drug-likeness (QED) is 0.446. The number of sulfonamides is 1. The van der Waals surface area contributed by atoms with Gasteiger partial charge in [-0.25, -0.2) is 18.4 Å². The third-order valence-electron chi connectivity index (χ3n) is 5.02. The molecule has 0 fully saturated rings. The summed E-state index contributed by atoms with van der Waals surface area (Å²) in [5, 5.41) is 0. The SMILES string of the molecule is COc1ccc(S(=O)(=O)Nc2ccc(Oc3cc(-n4cccc4)ncn3)cc2)c(C)c1C. The minimum atomic E-state index is -3.76. The molecule has 0 radical (unpaired) electrons. The Kier molecular flexibility index (Phi) is 5.83. The molecular formula is C23H22N4O4S. The first kappa shape index (κ1) is 21.4. The molecule has 0 saturated carbocycles. The van der Waals surface area contributed by atoms with Gasteiger partial charge in [0.2, 0.25) is 5.88 Å². The van der Waals surface area contributed by atoms with Crippen LogP contribution < -0.4 is 14.2 Å². The highest BCUT2D eigenvalue weighted by atomic mass is 32.2. The second-order valence-corrected chi connectivity index (χ2v) is 8.70. The van der Waals surface area contributed by atoms with Crippen molar-refractivity contribution in [1.29, 1.82) is 0 Å². The minimum absolute atomic E-state index is 0.203. The Balaban J connectivity index is 1.50. The Morgan fingerprint density at radius 1 is 0.938 bits per heavy atom. The highest BCUT2D eigenvalue weighted by Crippen LogP contribution is 2.29. The van der Waals surface area contributed by atoms with Crippen LogP contribution in [0.5, 0.6) is 17.4 Å². The van der Waals surface area contributed by atoms with Gasteiger partial charge in [-0.05, 0) is 73.5 Å². The maximum Gasteiger partial charge on any atom is 0.262 e. The summed E-state index contributed by atoms with van der Waals surface area (Å²) in [7, 11) is -2.21. The molecule has 9 heteroatoms. The van der Waals surface area contributed by atoms with Crippen molar-refractivity contribution in [3.63, 3.8) is 0 Å². The number of nitrogens with zero attached hydrogens (tertiary/aromatic N) is 3. The molecular weight excluding hydrogens is 428 g/mol. The van der Waals surface area contributed by atoms with Gasteiger partial charge >= 0.3 is 0 Å². The molecule has 4 rings (SSSR count). The zero-order valence-electron chi connectivity index (χ0n) is 17.8. The Labute approximate surface area is 186 Å². The van der Waals surface area contributed by atoms with Gasteiger partial charge in [0.15, 0.2) is 0 Å². The number of hydrogen-bond donors (Lipinski definition) is 1. The molecule has 1 N–H and O–H groups in total. The monoisotopic (exact) mass is 450 g/mol. The van der Waals surface area contributed by atoms with Crippen LogP contribution in [0.1, 0.15) is 11.1 Å². The second kappa shape index (κ2) is 8.72. The molecule has 4 aromatic rings. The van der Waals surface area contributed by atoms with E-state index in [-0.39, 0.29) is 4.90 Å². The van der Waals surface area contributed by atoms with Gasteiger partial charge in [0, 0.05) is 24.1 Å². The predicted molar refractivity (Wildman–Crippen MR) is 121 cm³/mol. The molecule has 0 atom stereocenters. The lowest BCUT2D eigenvalue weighted by molar-refractivity contribution is 0.410. The van der Waals surface area contributed by atoms with Crippen molar-refractivity contribution in [1.82, 2.24) is 14.5 Å². The lowest BCUT2D eigenvalue weighted by atomic mass is 10.1. The zero-order valence-corrected chi connectivity index (χ0v) is 18.6. The molecule has 0 aliphatic rings. The van der Waals surface area contributed by atoms with Crippen LogP contribution in [0.3, 0.4) is 0 Å². The van der Waals surface area contributed by atoms with E-state index in [2.05, 4.69) is 14.7 Å². The van der Waals surface area contributed by atoms with Crippen LogP contribution >= 0.6 is 0 Å². The number of anilines is 1. The van der Waals surface area contributed by atoms with E-state index in [0.717, 1.165) is 5.56 Å². The summed E-state index contributed by atoms with van der Waals surface area (Å²) in [6, 6.07) is 15.3. The first-order valence-corrected chi connectivity index (χ1v) is 11.3. The van der Waals surface area contributed by atoms with E-state index in [4.69, 9.17) is 9.47 Å². The molecule has 0 amide bonds. The van der Waals surface area contributed by atoms with E-state index in [0.29, 0.717) is 34.4 Å². The van der Waals surface area contributed by atoms with Crippen LogP contribution in [-0.4, -0.2) is 30.1 Å². The van der Waals surface area contributed by atoms with Gasteiger partial charge in [-0.3, -0.25) is 4.72 Å². The molecule has 0 spiro atoms. The largest absolute Gasteiger partial charge is 0.496 e. The molecule has 0 aliphatic heterocycles. The molecule has 0 unspecified atom stereocenters. The van der Waals surface area contributed by atoms with E-state index >= 15 is 0 Å². The fourth-order valence-corrected chi connectivity index (χ4v) is 4.58. The van der Waals surface area contributed by atoms with Crippen molar-refractivity contribution in [2.45, 2.75) is 18.7 Å². The van der Waals surface area contributed by atoms with Gasteiger partial charge in [-0.1, -0.05) is 0 Å². The second-order valence-electron chi connectivity index (χ2n) is 7.05. The van der Waals surface area contributed by atoms with E-state index in [1.54, 1.807) is 56.5 Å². The summed E-state index contributed by atoms with van der Waals surface area (Å²) >= 11 is 0. The lowest BCUT2D eigenvalue weighted by Crippen LogP contribution is -2.15. The molecule has 2 aromatic heterocycles. The molecule has 164 valence electrons. The summed E-state index contributed by atoms with van der Waals surface area (Å²) in [5.41, 5.74) is 1.84. The fourth-order valence-electron chi connectivity index (χ4n) is 3.22. The fraction of sp³-hybridized carbons (Fsp3) is 0.130. The van der Waals surface area contributed by atoms with Crippen molar-refractivity contribution in [3.05, 3.63) is 84.4 Å². The number of benzene rings is 2. The van der Waals surface area contributed by atoms with Crippen molar-refractivity contribution >= 4 is 15.7 Å². The van der Waals surface area contributed by atoms with E-state index in [1.807, 2.05) is 36.0 Å². The van der Waals surface area contributed by atoms with E-state index < -0.39 is 10.0 Å². The molecule has 2 aromatic carbocycles. The summed E-state index contributed by atoms with van der Waals surface area (Å²) in [6.45, 7) is 3.58. The number of aromatic nitrogens is 3. The zero-order chi connectivity index (χ0) is 22.7. The number of methoxy groups -OCH3 is 1. The van der Waals surface area contributed by atoms with Crippen LogP contribution in [-0.2, 0) is 10.0 Å². The number of nitrogens with one attached hydrogen (secondary N) is 1. The Morgan fingerprint density at radius 2 is 1.66 bits per heavy atom. The van der Waals surface area contributed by atoms with Crippen LogP contribution in [0.4, 0.5) is 5.69 Å². The number of rotatable bonds is 7. The van der Waals surface area contributed by atoms with Crippen molar-refractivity contribution in [2.75, 3.05) is 11.8 Å². The third kappa shape index (κ3) is 4.42. The van der Waals surface area contributed by atoms with Gasteiger partial charge in [0.05, 0.1) is 12.0 Å². The van der Waals surface area contributed by atoms with Crippen molar-refractivity contribution in [3.8, 4) is 23.2 Å². The van der Waals surface area contributed by atoms with Crippen LogP contribution in [0.2, 0.25) is 0 Å². The molecule has 2 heterocycles. The Bertz CT molecular complexity index is 1340. The van der Waals surface area contributed by atoms with Crippen LogP contribution in [0.15, 0.2) is 78.2 Å². The average Bonchev–Trinajstić information content (AvgIpc) is 3.32. The number of ether oxygens (including phenoxy) is 2. The van der Waals surface area contributed by atoms with Crippen molar-refractivity contribution < 1.29 is 17.9 Å². The van der Waals surface area contributed by atoms with Crippen LogP contribution in [0.25, 0.3) is 5.82 Å². The van der Waals surface area contributed by atoms with E-state index in [9.17, 15) is 8.42 Å². The standard InChI is InChI=1S/C23H22N4O4S/c1-16-17(2)21(11-10-20(16)30-3)32(28,29)26-18-6-8-19(9-7-18)31-23-14-22(24-15-25-23)27-12-4-5-13-27/h4-15,26H,1-3H3. The van der Waals surface area contributed by atoms with Gasteiger partial charge in [-0.15, -0.1) is 0 Å². The number of hydrogen-bond acceptors (Lipinski definition) is 6. The summed E-state index contributed by atoms with van der Waals surface area (Å²) in [5.74, 6) is 2.21. The van der Waals surface area contributed by atoms with Gasteiger partial charge in [-0.2, -0.15) is 0 Å². The van der Waals surface area contributed by atoms with Crippen LogP contribution in [0, 0.1) is 13.8 Å². The first-order valence-electron chi connectivity index (χ1n) is 9.78. The van der Waals surface area contributed by atoms with Crippen molar-refractivity contribution in [2.24, 2.45) is 0 Å². The third-order valence-corrected chi connectivity index (χ3v) is 6.55. The Hall–Kier alpha value is -3.85. The topological polar surface area (TPSA) is 95.3 Å². The lowest BCUT2D eigenvalue weighted by Gasteiger charge is -2.14. The average molecular weight is 451 g/mol. The maximum atomic E-state index is 12.9. The Morgan fingerprint density at radius 3 is 2.34 bits per heavy atom. The molecule has 0 saturated heterocycles. The smallest absolute Gasteiger partial charge is 0.262 e. The molecule has 8 nitrogen and oxygen atoms in total. The molecule has 0 aliphatic carbocycles. The molecule has 0 bridgehead atoms. The minimum Gasteiger partial charge on any atom is -0.496 e. The highest BCUT2D eigenvalue weighted by molar-refractivity contribution is 7.92. The summed E-state index contributed by atoms with van der Waals surface area (Å²) in [4.78, 5) is 8.55. The van der Waals surface area contributed by atoms with Gasteiger partial charge in [0.1, 0.15) is 23.6 Å².